The number of ether oxygens (including phenoxy) is 2. The fraction of sp³-hybridized carbons (Fsp3) is 0.190. The molecule has 2 aromatic carbocycles. The number of benzene rings is 2. The van der Waals surface area contributed by atoms with E-state index in [-0.39, 0.29) is 23.8 Å². The number of imidazole rings is 1. The summed E-state index contributed by atoms with van der Waals surface area (Å²) in [5.41, 5.74) is 3.13. The van der Waals surface area contributed by atoms with E-state index in [2.05, 4.69) is 9.97 Å². The Balaban J connectivity index is 1.65. The van der Waals surface area contributed by atoms with Crippen LogP contribution >= 0.6 is 0 Å². The second-order valence-corrected chi connectivity index (χ2v) is 6.21. The third kappa shape index (κ3) is 4.13. The lowest BCUT2D eigenvalue weighted by Gasteiger charge is -2.11. The van der Waals surface area contributed by atoms with E-state index in [9.17, 15) is 15.2 Å². The number of carbonyl (C=O) groups excluding carboxylic acids is 1. The van der Waals surface area contributed by atoms with Gasteiger partial charge < -0.3 is 19.6 Å². The summed E-state index contributed by atoms with van der Waals surface area (Å²) >= 11 is 0. The van der Waals surface area contributed by atoms with Crippen molar-refractivity contribution < 1.29 is 19.4 Å². The lowest BCUT2D eigenvalue weighted by molar-refractivity contribution is -0.145. The van der Waals surface area contributed by atoms with E-state index in [1.165, 1.54) is 0 Å². The number of hydrogen-bond acceptors (Lipinski definition) is 6. The topological polar surface area (TPSA) is 108 Å². The van der Waals surface area contributed by atoms with Crippen molar-refractivity contribution in [2.45, 2.75) is 13.8 Å². The minimum atomic E-state index is -0.656. The van der Waals surface area contributed by atoms with E-state index in [1.807, 2.05) is 56.3 Å². The Hall–Kier alpha value is -3.79. The Kier molecular flexibility index (Phi) is 5.61. The normalized spacial score (nSPS) is 11.6. The van der Waals surface area contributed by atoms with Crippen LogP contribution in [0.3, 0.4) is 0 Å². The minimum Gasteiger partial charge on any atom is -0.507 e. The molecule has 1 heterocycles. The smallest absolute Gasteiger partial charge is 0.344 e. The first-order valence-corrected chi connectivity index (χ1v) is 8.61. The van der Waals surface area contributed by atoms with Crippen LogP contribution in [0.5, 0.6) is 5.75 Å². The van der Waals surface area contributed by atoms with E-state index in [1.54, 1.807) is 6.07 Å². The average molecular weight is 377 g/mol. The van der Waals surface area contributed by atoms with Crippen molar-refractivity contribution in [2.75, 3.05) is 13.2 Å². The molecule has 0 atom stereocenters. The quantitative estimate of drug-likeness (QED) is 0.386. The Morgan fingerprint density at radius 1 is 1.14 bits per heavy atom. The van der Waals surface area contributed by atoms with E-state index < -0.39 is 12.6 Å². The molecule has 3 rings (SSSR count). The Labute approximate surface area is 161 Å². The summed E-state index contributed by atoms with van der Waals surface area (Å²) in [7, 11) is 0. The monoisotopic (exact) mass is 377 g/mol. The standard InChI is InChI=1S/C21H19N3O4/c1-13-6-5-7-14(2)20(13)28-12-19(26)27-11-18(25)15(10-22)21-23-16-8-3-4-9-17(16)24-21/h3-9,25H,11-12H2,1-2H3,(H,23,24)/b18-15-. The van der Waals surface area contributed by atoms with Gasteiger partial charge in [0, 0.05) is 0 Å². The van der Waals surface area contributed by atoms with Gasteiger partial charge in [-0.1, -0.05) is 30.3 Å². The number of hydrogen-bond donors (Lipinski definition) is 2. The minimum absolute atomic E-state index is 0.0836. The molecule has 142 valence electrons. The van der Waals surface area contributed by atoms with Crippen molar-refractivity contribution in [2.24, 2.45) is 0 Å². The predicted octanol–water partition coefficient (Wildman–Crippen LogP) is 3.59. The number of nitrogens with zero attached hydrogens (tertiary/aromatic N) is 2. The van der Waals surface area contributed by atoms with E-state index in [0.29, 0.717) is 11.3 Å². The molecule has 3 aromatic rings. The lowest BCUT2D eigenvalue weighted by atomic mass is 10.1. The highest BCUT2D eigenvalue weighted by Crippen LogP contribution is 2.22. The molecule has 0 fully saturated rings. The summed E-state index contributed by atoms with van der Waals surface area (Å²) in [5, 5.41) is 19.5. The average Bonchev–Trinajstić information content (AvgIpc) is 3.10. The molecular weight excluding hydrogens is 358 g/mol. The molecule has 0 unspecified atom stereocenters. The van der Waals surface area contributed by atoms with Crippen LogP contribution < -0.4 is 4.74 Å². The second-order valence-electron chi connectivity index (χ2n) is 6.21. The highest BCUT2D eigenvalue weighted by molar-refractivity contribution is 5.83. The summed E-state index contributed by atoms with van der Waals surface area (Å²) in [4.78, 5) is 19.2. The molecule has 1 aromatic heterocycles. The number of aromatic nitrogens is 2. The Bertz CT molecular complexity index is 1040. The predicted molar refractivity (Wildman–Crippen MR) is 104 cm³/mol. The molecule has 28 heavy (non-hydrogen) atoms. The summed E-state index contributed by atoms with van der Waals surface area (Å²) < 4.78 is 10.5. The second kappa shape index (κ2) is 8.27. The van der Waals surface area contributed by atoms with Crippen LogP contribution in [-0.2, 0) is 9.53 Å². The van der Waals surface area contributed by atoms with Gasteiger partial charge in [-0.2, -0.15) is 5.26 Å². The van der Waals surface area contributed by atoms with Gasteiger partial charge in [0.1, 0.15) is 24.0 Å². The molecule has 7 nitrogen and oxygen atoms in total. The molecule has 0 saturated carbocycles. The van der Waals surface area contributed by atoms with Gasteiger partial charge in [0.15, 0.2) is 18.2 Å². The van der Waals surface area contributed by atoms with E-state index >= 15 is 0 Å². The van der Waals surface area contributed by atoms with Gasteiger partial charge in [0.05, 0.1) is 11.0 Å². The Morgan fingerprint density at radius 2 is 1.86 bits per heavy atom. The third-order valence-electron chi connectivity index (χ3n) is 4.14. The summed E-state index contributed by atoms with van der Waals surface area (Å²) in [6.45, 7) is 3.02. The van der Waals surface area contributed by atoms with Crippen molar-refractivity contribution >= 4 is 22.6 Å². The molecule has 0 spiro atoms. The van der Waals surface area contributed by atoms with E-state index in [0.717, 1.165) is 16.6 Å². The molecule has 0 saturated heterocycles. The van der Waals surface area contributed by atoms with Crippen LogP contribution in [0.15, 0.2) is 48.2 Å². The van der Waals surface area contributed by atoms with Gasteiger partial charge in [0.25, 0.3) is 0 Å². The summed E-state index contributed by atoms with van der Waals surface area (Å²) in [6.07, 6.45) is 0. The molecule has 0 radical (unpaired) electrons. The summed E-state index contributed by atoms with van der Waals surface area (Å²) in [5.74, 6) is -0.207. The van der Waals surface area contributed by atoms with Crippen LogP contribution in [0.1, 0.15) is 17.0 Å². The highest BCUT2D eigenvalue weighted by atomic mass is 16.6. The van der Waals surface area contributed by atoms with E-state index in [4.69, 9.17) is 9.47 Å². The number of esters is 1. The number of aryl methyl sites for hydroxylation is 2. The molecule has 0 aliphatic carbocycles. The number of H-pyrrole nitrogens is 1. The first-order valence-electron chi connectivity index (χ1n) is 8.61. The van der Waals surface area contributed by atoms with Crippen LogP contribution in [0.25, 0.3) is 16.6 Å². The van der Waals surface area contributed by atoms with Crippen molar-refractivity contribution in [3.8, 4) is 11.8 Å². The van der Waals surface area contributed by atoms with Crippen molar-refractivity contribution in [1.82, 2.24) is 9.97 Å². The number of aromatic amines is 1. The first-order chi connectivity index (χ1) is 13.5. The summed E-state index contributed by atoms with van der Waals surface area (Å²) in [6, 6.07) is 14.8. The first kappa shape index (κ1) is 19.0. The zero-order chi connectivity index (χ0) is 20.1. The van der Waals surface area contributed by atoms with Gasteiger partial charge >= 0.3 is 5.97 Å². The van der Waals surface area contributed by atoms with Gasteiger partial charge in [0.2, 0.25) is 0 Å². The molecule has 0 bridgehead atoms. The number of allylic oxidation sites excluding steroid dienone is 1. The zero-order valence-corrected chi connectivity index (χ0v) is 15.5. The van der Waals surface area contributed by atoms with Crippen molar-refractivity contribution in [1.29, 1.82) is 5.26 Å². The number of nitrogens with one attached hydrogen (secondary N) is 1. The van der Waals surface area contributed by atoms with Crippen LogP contribution in [0.2, 0.25) is 0 Å². The number of carbonyl (C=O) groups is 1. The number of aliphatic hydroxyl groups excluding tert-OH is 1. The lowest BCUT2D eigenvalue weighted by Crippen LogP contribution is -2.17. The van der Waals surface area contributed by atoms with Crippen LogP contribution in [-0.4, -0.2) is 34.3 Å². The van der Waals surface area contributed by atoms with Gasteiger partial charge in [-0.25, -0.2) is 9.78 Å². The highest BCUT2D eigenvalue weighted by Gasteiger charge is 2.15. The fourth-order valence-electron chi connectivity index (χ4n) is 2.75. The molecule has 0 aliphatic rings. The number of para-hydroxylation sites is 3. The molecular formula is C21H19N3O4. The van der Waals surface area contributed by atoms with Crippen LogP contribution in [0, 0.1) is 25.2 Å². The maximum absolute atomic E-state index is 11.9. The molecule has 2 N–H and O–H groups in total. The van der Waals surface area contributed by atoms with Crippen molar-refractivity contribution in [3.05, 3.63) is 65.2 Å². The largest absolute Gasteiger partial charge is 0.507 e. The molecule has 7 heteroatoms. The zero-order valence-electron chi connectivity index (χ0n) is 15.5. The van der Waals surface area contributed by atoms with Gasteiger partial charge in [-0.3, -0.25) is 0 Å². The number of rotatable bonds is 6. The Morgan fingerprint density at radius 3 is 2.54 bits per heavy atom. The fourth-order valence-corrected chi connectivity index (χ4v) is 2.75. The van der Waals surface area contributed by atoms with Crippen molar-refractivity contribution in [3.63, 3.8) is 0 Å². The number of fused-ring (bicyclic) bond motifs is 1. The number of nitriles is 1. The van der Waals surface area contributed by atoms with Gasteiger partial charge in [-0.15, -0.1) is 0 Å². The third-order valence-corrected chi connectivity index (χ3v) is 4.14. The molecule has 0 aliphatic heterocycles. The molecule has 0 amide bonds. The SMILES string of the molecule is Cc1cccc(C)c1OCC(=O)OC/C(O)=C(\C#N)c1nc2ccccc2[nH]1. The van der Waals surface area contributed by atoms with Crippen LogP contribution in [0.4, 0.5) is 0 Å². The number of aliphatic hydroxyl groups is 1. The van der Waals surface area contributed by atoms with Gasteiger partial charge in [-0.05, 0) is 37.1 Å². The maximum atomic E-state index is 11.9. The maximum Gasteiger partial charge on any atom is 0.344 e.